The molecule has 1 aliphatic carbocycles. The highest BCUT2D eigenvalue weighted by molar-refractivity contribution is 5.83. The van der Waals surface area contributed by atoms with Gasteiger partial charge in [-0.05, 0) is 48.1 Å². The maximum atomic E-state index is 12.4. The quantitative estimate of drug-likeness (QED) is 0.813. The molecule has 5 heteroatoms. The lowest BCUT2D eigenvalue weighted by atomic mass is 10.0. The summed E-state index contributed by atoms with van der Waals surface area (Å²) in [5.41, 5.74) is 3.36. The van der Waals surface area contributed by atoms with Crippen LogP contribution in [0.15, 0.2) is 48.5 Å². The molecule has 0 radical (unpaired) electrons. The molecule has 0 heterocycles. The summed E-state index contributed by atoms with van der Waals surface area (Å²) in [7, 11) is 0. The number of nitrogens with one attached hydrogen (secondary N) is 1. The molecule has 0 bridgehead atoms. The minimum atomic E-state index is -1.02. The molecule has 1 fully saturated rings. The third-order valence-electron chi connectivity index (χ3n) is 4.44. The Hall–Kier alpha value is -2.82. The van der Waals surface area contributed by atoms with Gasteiger partial charge in [0.05, 0.1) is 0 Å². The van der Waals surface area contributed by atoms with Crippen molar-refractivity contribution in [3.63, 3.8) is 0 Å². The van der Waals surface area contributed by atoms with Crippen molar-refractivity contribution in [2.24, 2.45) is 5.92 Å². The fourth-order valence-electron chi connectivity index (χ4n) is 3.04. The van der Waals surface area contributed by atoms with E-state index in [2.05, 4.69) is 24.4 Å². The van der Waals surface area contributed by atoms with Gasteiger partial charge in [-0.2, -0.15) is 0 Å². The average Bonchev–Trinajstić information content (AvgIpc) is 3.39. The SMILES string of the molecule is Cc1ccccc1[C@H]1C[C@H]1C(=O)NCc1cccc(OCC(=O)O)c1. The molecule has 130 valence electrons. The van der Waals surface area contributed by atoms with Crippen molar-refractivity contribution < 1.29 is 19.4 Å². The summed E-state index contributed by atoms with van der Waals surface area (Å²) in [6, 6.07) is 15.3. The lowest BCUT2D eigenvalue weighted by Crippen LogP contribution is -2.25. The molecule has 1 aliphatic rings. The first-order chi connectivity index (χ1) is 12.0. The number of aryl methyl sites for hydroxylation is 1. The molecule has 5 nitrogen and oxygen atoms in total. The minimum Gasteiger partial charge on any atom is -0.482 e. The van der Waals surface area contributed by atoms with E-state index >= 15 is 0 Å². The van der Waals surface area contributed by atoms with Crippen LogP contribution in [0.4, 0.5) is 0 Å². The molecule has 1 amide bonds. The van der Waals surface area contributed by atoms with Crippen LogP contribution in [0.3, 0.4) is 0 Å². The molecule has 3 rings (SSSR count). The van der Waals surface area contributed by atoms with Crippen molar-refractivity contribution in [1.82, 2.24) is 5.32 Å². The Morgan fingerprint density at radius 3 is 2.76 bits per heavy atom. The predicted molar refractivity (Wildman–Crippen MR) is 93.4 cm³/mol. The molecule has 2 aromatic rings. The van der Waals surface area contributed by atoms with Crippen LogP contribution in [0.2, 0.25) is 0 Å². The fourth-order valence-corrected chi connectivity index (χ4v) is 3.04. The summed E-state index contributed by atoms with van der Waals surface area (Å²) in [5.74, 6) is -0.128. The van der Waals surface area contributed by atoms with Crippen molar-refractivity contribution in [3.8, 4) is 5.75 Å². The Morgan fingerprint density at radius 1 is 1.20 bits per heavy atom. The summed E-state index contributed by atoms with van der Waals surface area (Å²) in [4.78, 5) is 22.9. The van der Waals surface area contributed by atoms with Crippen molar-refractivity contribution in [1.29, 1.82) is 0 Å². The fraction of sp³-hybridized carbons (Fsp3) is 0.300. The number of carbonyl (C=O) groups excluding carboxylic acids is 1. The number of carboxylic acid groups (broad SMARTS) is 1. The Balaban J connectivity index is 1.53. The topological polar surface area (TPSA) is 75.6 Å². The zero-order chi connectivity index (χ0) is 17.8. The molecule has 1 saturated carbocycles. The van der Waals surface area contributed by atoms with E-state index in [0.717, 1.165) is 12.0 Å². The lowest BCUT2D eigenvalue weighted by molar-refractivity contribution is -0.139. The van der Waals surface area contributed by atoms with Crippen LogP contribution < -0.4 is 10.1 Å². The largest absolute Gasteiger partial charge is 0.482 e. The second kappa shape index (κ2) is 7.38. The highest BCUT2D eigenvalue weighted by Crippen LogP contribution is 2.48. The summed E-state index contributed by atoms with van der Waals surface area (Å²) >= 11 is 0. The Bertz CT molecular complexity index is 787. The zero-order valence-corrected chi connectivity index (χ0v) is 14.1. The van der Waals surface area contributed by atoms with Gasteiger partial charge in [-0.1, -0.05) is 36.4 Å². The summed E-state index contributed by atoms with van der Waals surface area (Å²) in [6.45, 7) is 2.10. The summed E-state index contributed by atoms with van der Waals surface area (Å²) in [5, 5.41) is 11.6. The summed E-state index contributed by atoms with van der Waals surface area (Å²) < 4.78 is 5.15. The van der Waals surface area contributed by atoms with Crippen LogP contribution >= 0.6 is 0 Å². The van der Waals surface area contributed by atoms with E-state index in [1.807, 2.05) is 18.2 Å². The first-order valence-corrected chi connectivity index (χ1v) is 8.31. The molecule has 2 aromatic carbocycles. The van der Waals surface area contributed by atoms with Gasteiger partial charge in [0.15, 0.2) is 6.61 Å². The highest BCUT2D eigenvalue weighted by Gasteiger charge is 2.44. The minimum absolute atomic E-state index is 0.0348. The number of rotatable bonds is 7. The van der Waals surface area contributed by atoms with Gasteiger partial charge in [-0.3, -0.25) is 4.79 Å². The zero-order valence-electron chi connectivity index (χ0n) is 14.1. The molecular formula is C20H21NO4. The molecule has 0 aromatic heterocycles. The first-order valence-electron chi connectivity index (χ1n) is 8.31. The maximum absolute atomic E-state index is 12.4. The Kier molecular flexibility index (Phi) is 5.03. The van der Waals surface area contributed by atoms with Gasteiger partial charge in [0.2, 0.25) is 5.91 Å². The van der Waals surface area contributed by atoms with Crippen molar-refractivity contribution in [3.05, 3.63) is 65.2 Å². The van der Waals surface area contributed by atoms with E-state index in [0.29, 0.717) is 18.2 Å². The van der Waals surface area contributed by atoms with Gasteiger partial charge in [0, 0.05) is 12.5 Å². The normalized spacial score (nSPS) is 18.4. The standard InChI is InChI=1S/C20H21NO4/c1-13-5-2-3-8-16(13)17-10-18(17)20(24)21-11-14-6-4-7-15(9-14)25-12-19(22)23/h2-9,17-18H,10-12H2,1H3,(H,21,24)(H,22,23)/t17-,18-/m1/s1. The molecule has 0 saturated heterocycles. The van der Waals surface area contributed by atoms with E-state index in [1.54, 1.807) is 18.2 Å². The molecule has 0 unspecified atom stereocenters. The maximum Gasteiger partial charge on any atom is 0.341 e. The number of amides is 1. The van der Waals surface area contributed by atoms with Crippen molar-refractivity contribution in [2.45, 2.75) is 25.8 Å². The van der Waals surface area contributed by atoms with Gasteiger partial charge in [0.1, 0.15) is 5.75 Å². The smallest absolute Gasteiger partial charge is 0.341 e. The lowest BCUT2D eigenvalue weighted by Gasteiger charge is -2.08. The third kappa shape index (κ3) is 4.38. The number of hydrogen-bond acceptors (Lipinski definition) is 3. The van der Waals surface area contributed by atoms with E-state index in [4.69, 9.17) is 9.84 Å². The molecule has 2 N–H and O–H groups in total. The van der Waals surface area contributed by atoms with Crippen LogP contribution in [0.5, 0.6) is 5.75 Å². The number of carbonyl (C=O) groups is 2. The van der Waals surface area contributed by atoms with E-state index < -0.39 is 5.97 Å². The molecule has 0 spiro atoms. The molecule has 25 heavy (non-hydrogen) atoms. The first kappa shape index (κ1) is 17.0. The Morgan fingerprint density at radius 2 is 2.00 bits per heavy atom. The van der Waals surface area contributed by atoms with Crippen LogP contribution in [-0.2, 0) is 16.1 Å². The van der Waals surface area contributed by atoms with Gasteiger partial charge in [-0.15, -0.1) is 0 Å². The molecule has 0 aliphatic heterocycles. The van der Waals surface area contributed by atoms with Gasteiger partial charge in [-0.25, -0.2) is 4.79 Å². The molecular weight excluding hydrogens is 318 g/mol. The number of benzene rings is 2. The number of carboxylic acids is 1. The van der Waals surface area contributed by atoms with Crippen molar-refractivity contribution in [2.75, 3.05) is 6.61 Å². The number of aliphatic carboxylic acids is 1. The van der Waals surface area contributed by atoms with Gasteiger partial charge in [0.25, 0.3) is 0 Å². The van der Waals surface area contributed by atoms with Crippen LogP contribution in [0.1, 0.15) is 29.0 Å². The van der Waals surface area contributed by atoms with Gasteiger partial charge < -0.3 is 15.2 Å². The second-order valence-corrected chi connectivity index (χ2v) is 6.35. The Labute approximate surface area is 146 Å². The highest BCUT2D eigenvalue weighted by atomic mass is 16.5. The monoisotopic (exact) mass is 339 g/mol. The average molecular weight is 339 g/mol. The van der Waals surface area contributed by atoms with Crippen LogP contribution in [0.25, 0.3) is 0 Å². The molecule has 2 atom stereocenters. The van der Waals surface area contributed by atoms with E-state index in [-0.39, 0.29) is 18.4 Å². The summed E-state index contributed by atoms with van der Waals surface area (Å²) in [6.07, 6.45) is 0.887. The van der Waals surface area contributed by atoms with Crippen LogP contribution in [-0.4, -0.2) is 23.6 Å². The van der Waals surface area contributed by atoms with E-state index in [1.165, 1.54) is 11.1 Å². The van der Waals surface area contributed by atoms with Crippen LogP contribution in [0, 0.1) is 12.8 Å². The number of ether oxygens (including phenoxy) is 1. The third-order valence-corrected chi connectivity index (χ3v) is 4.44. The van der Waals surface area contributed by atoms with E-state index in [9.17, 15) is 9.59 Å². The predicted octanol–water partition coefficient (Wildman–Crippen LogP) is 2.88. The second-order valence-electron chi connectivity index (χ2n) is 6.35. The van der Waals surface area contributed by atoms with Gasteiger partial charge >= 0.3 is 5.97 Å². The number of hydrogen-bond donors (Lipinski definition) is 2. The van der Waals surface area contributed by atoms with Crippen molar-refractivity contribution >= 4 is 11.9 Å².